The number of imide groups is 1. The van der Waals surface area contributed by atoms with Gasteiger partial charge in [0.2, 0.25) is 0 Å². The molecule has 1 aliphatic rings. The maximum absolute atomic E-state index is 12.9. The minimum absolute atomic E-state index is 0.0581. The molecule has 0 radical (unpaired) electrons. The van der Waals surface area contributed by atoms with Gasteiger partial charge in [0, 0.05) is 17.2 Å². The van der Waals surface area contributed by atoms with E-state index in [2.05, 4.69) is 0 Å². The number of carbonyl (C=O) groups excluding carboxylic acids is 3. The number of rotatable bonds is 7. The second kappa shape index (κ2) is 10.6. The average molecular weight is 525 g/mol. The van der Waals surface area contributed by atoms with E-state index in [0.717, 1.165) is 16.7 Å². The number of methoxy groups -OCH3 is 1. The van der Waals surface area contributed by atoms with Gasteiger partial charge in [-0.2, -0.15) is 0 Å². The Labute approximate surface area is 214 Å². The summed E-state index contributed by atoms with van der Waals surface area (Å²) in [5, 5.41) is 10.8. The molecule has 1 heterocycles. The lowest BCUT2D eigenvalue weighted by molar-refractivity contribution is -0.384. The van der Waals surface area contributed by atoms with Crippen molar-refractivity contribution < 1.29 is 28.8 Å². The fraction of sp³-hybridized carbons (Fsp3) is 0.0800. The summed E-state index contributed by atoms with van der Waals surface area (Å²) in [6.45, 7) is 0.0581. The minimum Gasteiger partial charge on any atom is -0.493 e. The van der Waals surface area contributed by atoms with Gasteiger partial charge >= 0.3 is 5.97 Å². The van der Waals surface area contributed by atoms with Crippen LogP contribution in [0.4, 0.5) is 10.5 Å². The molecule has 9 nitrogen and oxygen atoms in total. The molecule has 0 saturated carbocycles. The molecule has 3 aromatic rings. The van der Waals surface area contributed by atoms with E-state index in [0.29, 0.717) is 16.1 Å². The number of thioether (sulfide) groups is 1. The third-order valence-electron chi connectivity index (χ3n) is 5.16. The molecule has 3 aromatic carbocycles. The van der Waals surface area contributed by atoms with E-state index < -0.39 is 22.0 Å². The number of nitro benzene ring substituents is 1. The molecule has 11 heteroatoms. The van der Waals surface area contributed by atoms with Crippen LogP contribution in [-0.2, 0) is 11.3 Å². The molecule has 0 unspecified atom stereocenters. The van der Waals surface area contributed by atoms with Crippen LogP contribution >= 0.6 is 23.4 Å². The van der Waals surface area contributed by atoms with Gasteiger partial charge in [-0.15, -0.1) is 0 Å². The summed E-state index contributed by atoms with van der Waals surface area (Å²) in [4.78, 5) is 49.3. The summed E-state index contributed by atoms with van der Waals surface area (Å²) in [5.74, 6) is -0.840. The van der Waals surface area contributed by atoms with Crippen LogP contribution in [0, 0.1) is 10.1 Å². The summed E-state index contributed by atoms with van der Waals surface area (Å²) in [6.07, 6.45) is 1.54. The largest absolute Gasteiger partial charge is 0.493 e. The number of hydrogen-bond acceptors (Lipinski definition) is 8. The Morgan fingerprint density at radius 1 is 1.08 bits per heavy atom. The highest BCUT2D eigenvalue weighted by atomic mass is 35.5. The van der Waals surface area contributed by atoms with E-state index in [9.17, 15) is 24.5 Å². The van der Waals surface area contributed by atoms with Gasteiger partial charge < -0.3 is 9.47 Å². The van der Waals surface area contributed by atoms with Crippen molar-refractivity contribution in [1.29, 1.82) is 0 Å². The van der Waals surface area contributed by atoms with Crippen LogP contribution in [0.1, 0.15) is 21.5 Å². The van der Waals surface area contributed by atoms with E-state index in [1.54, 1.807) is 42.5 Å². The Balaban J connectivity index is 1.50. The van der Waals surface area contributed by atoms with Crippen LogP contribution in [0.25, 0.3) is 6.08 Å². The molecule has 4 rings (SSSR count). The van der Waals surface area contributed by atoms with Gasteiger partial charge in [-0.25, -0.2) is 4.79 Å². The first-order valence-corrected chi connectivity index (χ1v) is 11.6. The molecule has 1 fully saturated rings. The number of non-ortho nitro benzene ring substituents is 1. The Bertz CT molecular complexity index is 1410. The molecule has 0 aliphatic carbocycles. The first kappa shape index (κ1) is 25.0. The highest BCUT2D eigenvalue weighted by Gasteiger charge is 2.35. The van der Waals surface area contributed by atoms with Crippen molar-refractivity contribution in [2.45, 2.75) is 6.54 Å². The molecular formula is C25H17ClN2O7S. The Morgan fingerprint density at radius 3 is 2.47 bits per heavy atom. The lowest BCUT2D eigenvalue weighted by Gasteiger charge is -2.13. The van der Waals surface area contributed by atoms with Crippen LogP contribution in [0.5, 0.6) is 11.5 Å². The van der Waals surface area contributed by atoms with Gasteiger partial charge in [0.15, 0.2) is 11.5 Å². The minimum atomic E-state index is -0.725. The normalized spacial score (nSPS) is 14.3. The second-order valence-electron chi connectivity index (χ2n) is 7.46. The predicted octanol–water partition coefficient (Wildman–Crippen LogP) is 5.71. The molecule has 0 bridgehead atoms. The van der Waals surface area contributed by atoms with Crippen LogP contribution in [0.15, 0.2) is 71.6 Å². The summed E-state index contributed by atoms with van der Waals surface area (Å²) < 4.78 is 10.7. The standard InChI is InChI=1S/C25H17ClN2O7S/c1-34-21-12-15(6-11-20(21)35-24(30)16-7-9-18(10-8-16)28(32)33)13-22-23(29)27(25(31)36-22)14-17-4-2-3-5-19(17)26/h2-13H,14H2,1H3/b22-13-. The zero-order valence-electron chi connectivity index (χ0n) is 18.7. The number of esters is 1. The number of halogens is 1. The maximum atomic E-state index is 12.9. The molecule has 1 saturated heterocycles. The van der Waals surface area contributed by atoms with E-state index >= 15 is 0 Å². The van der Waals surface area contributed by atoms with Crippen LogP contribution in [0.2, 0.25) is 5.02 Å². The Kier molecular flexibility index (Phi) is 7.37. The van der Waals surface area contributed by atoms with E-state index in [1.165, 1.54) is 37.4 Å². The third kappa shape index (κ3) is 5.40. The molecule has 1 aliphatic heterocycles. The molecule has 0 atom stereocenters. The number of hydrogen-bond donors (Lipinski definition) is 0. The van der Waals surface area contributed by atoms with Crippen molar-refractivity contribution in [3.63, 3.8) is 0 Å². The zero-order valence-corrected chi connectivity index (χ0v) is 20.2. The zero-order chi connectivity index (χ0) is 25.8. The SMILES string of the molecule is COc1cc(/C=C2\SC(=O)N(Cc3ccccc3Cl)C2=O)ccc1OC(=O)c1ccc([N+](=O)[O-])cc1. The smallest absolute Gasteiger partial charge is 0.343 e. The van der Waals surface area contributed by atoms with Crippen molar-refractivity contribution in [2.24, 2.45) is 0 Å². The number of amides is 2. The van der Waals surface area contributed by atoms with Gasteiger partial charge in [-0.1, -0.05) is 35.9 Å². The van der Waals surface area contributed by atoms with Crippen molar-refractivity contribution in [2.75, 3.05) is 7.11 Å². The van der Waals surface area contributed by atoms with E-state index in [4.69, 9.17) is 21.1 Å². The van der Waals surface area contributed by atoms with Crippen LogP contribution in [-0.4, -0.2) is 34.0 Å². The molecule has 0 N–H and O–H groups in total. The Hall–Kier alpha value is -4.15. The molecule has 0 aromatic heterocycles. The van der Waals surface area contributed by atoms with E-state index in [-0.39, 0.29) is 34.2 Å². The number of benzene rings is 3. The van der Waals surface area contributed by atoms with Crippen molar-refractivity contribution >= 4 is 52.2 Å². The Morgan fingerprint density at radius 2 is 1.81 bits per heavy atom. The summed E-state index contributed by atoms with van der Waals surface area (Å²) in [7, 11) is 1.39. The van der Waals surface area contributed by atoms with Crippen LogP contribution < -0.4 is 9.47 Å². The van der Waals surface area contributed by atoms with Gasteiger partial charge in [-0.3, -0.25) is 24.6 Å². The van der Waals surface area contributed by atoms with Gasteiger partial charge in [0.1, 0.15) is 0 Å². The van der Waals surface area contributed by atoms with Crippen molar-refractivity contribution in [3.8, 4) is 11.5 Å². The second-order valence-corrected chi connectivity index (χ2v) is 8.86. The molecule has 182 valence electrons. The highest BCUT2D eigenvalue weighted by molar-refractivity contribution is 8.18. The van der Waals surface area contributed by atoms with Crippen molar-refractivity contribution in [3.05, 3.63) is 103 Å². The van der Waals surface area contributed by atoms with Crippen molar-refractivity contribution in [1.82, 2.24) is 4.90 Å². The number of carbonyl (C=O) groups is 3. The number of ether oxygens (including phenoxy) is 2. The predicted molar refractivity (Wildman–Crippen MR) is 134 cm³/mol. The topological polar surface area (TPSA) is 116 Å². The van der Waals surface area contributed by atoms with Crippen LogP contribution in [0.3, 0.4) is 0 Å². The monoisotopic (exact) mass is 524 g/mol. The fourth-order valence-electron chi connectivity index (χ4n) is 3.32. The number of nitrogens with zero attached hydrogens (tertiary/aromatic N) is 2. The summed E-state index contributed by atoms with van der Waals surface area (Å²) in [6, 6.07) is 16.6. The lowest BCUT2D eigenvalue weighted by atomic mass is 10.1. The van der Waals surface area contributed by atoms with Gasteiger partial charge in [0.25, 0.3) is 16.8 Å². The third-order valence-corrected chi connectivity index (χ3v) is 6.44. The summed E-state index contributed by atoms with van der Waals surface area (Å²) >= 11 is 6.97. The van der Waals surface area contributed by atoms with Gasteiger partial charge in [-0.05, 0) is 59.3 Å². The lowest BCUT2D eigenvalue weighted by Crippen LogP contribution is -2.27. The average Bonchev–Trinajstić information content (AvgIpc) is 3.13. The summed E-state index contributed by atoms with van der Waals surface area (Å²) in [5.41, 5.74) is 1.18. The molecule has 36 heavy (non-hydrogen) atoms. The molecule has 0 spiro atoms. The molecular weight excluding hydrogens is 508 g/mol. The highest BCUT2D eigenvalue weighted by Crippen LogP contribution is 2.36. The number of nitro groups is 1. The van der Waals surface area contributed by atoms with E-state index in [1.807, 2.05) is 0 Å². The fourth-order valence-corrected chi connectivity index (χ4v) is 4.35. The molecule has 2 amide bonds. The van der Waals surface area contributed by atoms with Gasteiger partial charge in [0.05, 0.1) is 29.0 Å². The first-order chi connectivity index (χ1) is 17.3. The first-order valence-electron chi connectivity index (χ1n) is 10.4. The maximum Gasteiger partial charge on any atom is 0.343 e. The quantitative estimate of drug-likeness (QED) is 0.127.